The van der Waals surface area contributed by atoms with Crippen LogP contribution in [-0.2, 0) is 0 Å². The van der Waals surface area contributed by atoms with Crippen molar-refractivity contribution in [2.45, 2.75) is 19.8 Å². The monoisotopic (exact) mass is 283 g/mol. The first-order chi connectivity index (χ1) is 8.59. The number of rotatable bonds is 3. The summed E-state index contributed by atoms with van der Waals surface area (Å²) < 4.78 is 0. The highest BCUT2D eigenvalue weighted by Crippen LogP contribution is 2.25. The number of hydrogen-bond acceptors (Lipinski definition) is 3. The first-order valence-corrected chi connectivity index (χ1v) is 6.49. The number of piperazine rings is 1. The van der Waals surface area contributed by atoms with E-state index in [1.54, 1.807) is 0 Å². The van der Waals surface area contributed by atoms with Gasteiger partial charge in [-0.05, 0) is 29.7 Å². The van der Waals surface area contributed by atoms with Crippen molar-refractivity contribution in [3.05, 3.63) is 29.3 Å². The van der Waals surface area contributed by atoms with Crippen LogP contribution >= 0.6 is 12.4 Å². The number of amides is 1. The molecule has 1 fully saturated rings. The van der Waals surface area contributed by atoms with Crippen molar-refractivity contribution in [1.82, 2.24) is 5.32 Å². The number of nitrogens with two attached hydrogens (primary N) is 1. The van der Waals surface area contributed by atoms with Gasteiger partial charge in [0.1, 0.15) is 0 Å². The highest BCUT2D eigenvalue weighted by molar-refractivity contribution is 5.95. The number of anilines is 1. The van der Waals surface area contributed by atoms with Crippen LogP contribution in [0.5, 0.6) is 0 Å². The number of carbonyl (C=O) groups is 1. The summed E-state index contributed by atoms with van der Waals surface area (Å²) in [6.45, 7) is 8.21. The molecule has 1 amide bonds. The topological polar surface area (TPSA) is 58.4 Å². The molecule has 0 radical (unpaired) electrons. The molecule has 1 aromatic carbocycles. The number of nitrogens with one attached hydrogen (secondary N) is 1. The Morgan fingerprint density at radius 3 is 2.47 bits per heavy atom. The largest absolute Gasteiger partial charge is 0.369 e. The maximum Gasteiger partial charge on any atom is 0.248 e. The molecule has 3 N–H and O–H groups in total. The summed E-state index contributed by atoms with van der Waals surface area (Å²) >= 11 is 0. The van der Waals surface area contributed by atoms with Crippen molar-refractivity contribution in [1.29, 1.82) is 0 Å². The van der Waals surface area contributed by atoms with E-state index >= 15 is 0 Å². The molecule has 0 saturated carbocycles. The predicted molar refractivity (Wildman–Crippen MR) is 81.4 cm³/mol. The van der Waals surface area contributed by atoms with Crippen molar-refractivity contribution >= 4 is 24.0 Å². The fourth-order valence-corrected chi connectivity index (χ4v) is 2.37. The van der Waals surface area contributed by atoms with Crippen LogP contribution in [-0.4, -0.2) is 32.1 Å². The van der Waals surface area contributed by atoms with Crippen LogP contribution in [0.4, 0.5) is 5.69 Å². The van der Waals surface area contributed by atoms with E-state index in [2.05, 4.69) is 30.1 Å². The molecule has 0 aromatic heterocycles. The van der Waals surface area contributed by atoms with E-state index in [4.69, 9.17) is 5.73 Å². The number of benzene rings is 1. The molecule has 2 rings (SSSR count). The molecule has 19 heavy (non-hydrogen) atoms. The van der Waals surface area contributed by atoms with E-state index in [-0.39, 0.29) is 18.3 Å². The summed E-state index contributed by atoms with van der Waals surface area (Å²) in [6.07, 6.45) is 0. The molecular weight excluding hydrogens is 262 g/mol. The van der Waals surface area contributed by atoms with Crippen molar-refractivity contribution in [2.75, 3.05) is 31.1 Å². The lowest BCUT2D eigenvalue weighted by Crippen LogP contribution is -2.43. The van der Waals surface area contributed by atoms with E-state index in [1.165, 1.54) is 5.69 Å². The van der Waals surface area contributed by atoms with E-state index in [9.17, 15) is 4.79 Å². The van der Waals surface area contributed by atoms with Gasteiger partial charge in [0.25, 0.3) is 0 Å². The maximum absolute atomic E-state index is 11.4. The van der Waals surface area contributed by atoms with Crippen LogP contribution < -0.4 is 16.0 Å². The van der Waals surface area contributed by atoms with Crippen LogP contribution in [0.25, 0.3) is 0 Å². The van der Waals surface area contributed by atoms with Crippen LogP contribution in [0.15, 0.2) is 18.2 Å². The summed E-state index contributed by atoms with van der Waals surface area (Å²) in [5, 5.41) is 3.34. The van der Waals surface area contributed by atoms with Gasteiger partial charge in [-0.2, -0.15) is 0 Å². The van der Waals surface area contributed by atoms with Gasteiger partial charge in [0.15, 0.2) is 0 Å². The van der Waals surface area contributed by atoms with Gasteiger partial charge in [-0.1, -0.05) is 13.8 Å². The maximum atomic E-state index is 11.4. The molecule has 1 saturated heterocycles. The zero-order valence-electron chi connectivity index (χ0n) is 11.5. The molecule has 0 atom stereocenters. The Morgan fingerprint density at radius 2 is 1.95 bits per heavy atom. The Bertz CT molecular complexity index is 442. The molecule has 4 nitrogen and oxygen atoms in total. The average Bonchev–Trinajstić information content (AvgIpc) is 2.39. The lowest BCUT2D eigenvalue weighted by molar-refractivity contribution is 0.0999. The number of halogens is 1. The SMILES string of the molecule is CC(C)c1cc(N2CCNCC2)ccc1C(N)=O.Cl. The Hall–Kier alpha value is -1.26. The number of nitrogens with zero attached hydrogens (tertiary/aromatic N) is 1. The molecule has 1 aliphatic rings. The molecule has 0 unspecified atom stereocenters. The lowest BCUT2D eigenvalue weighted by Gasteiger charge is -2.30. The van der Waals surface area contributed by atoms with Gasteiger partial charge in [0.05, 0.1) is 0 Å². The standard InChI is InChI=1S/C14H21N3O.ClH/c1-10(2)13-9-11(3-4-12(13)14(15)18)17-7-5-16-6-8-17;/h3-4,9-10,16H,5-8H2,1-2H3,(H2,15,18);1H. The molecule has 106 valence electrons. The third kappa shape index (κ3) is 3.61. The Morgan fingerprint density at radius 1 is 1.32 bits per heavy atom. The summed E-state index contributed by atoms with van der Waals surface area (Å²) in [6, 6.07) is 5.96. The normalized spacial score (nSPS) is 15.2. The van der Waals surface area contributed by atoms with E-state index in [1.807, 2.05) is 12.1 Å². The van der Waals surface area contributed by atoms with Gasteiger partial charge in [-0.3, -0.25) is 4.79 Å². The third-order valence-electron chi connectivity index (χ3n) is 3.40. The fraction of sp³-hybridized carbons (Fsp3) is 0.500. The van der Waals surface area contributed by atoms with Gasteiger partial charge in [0, 0.05) is 37.4 Å². The molecule has 0 aliphatic carbocycles. The Kier molecular flexibility index (Phi) is 5.63. The number of primary amides is 1. The highest BCUT2D eigenvalue weighted by Gasteiger charge is 2.15. The van der Waals surface area contributed by atoms with Gasteiger partial charge in [-0.15, -0.1) is 12.4 Å². The zero-order valence-corrected chi connectivity index (χ0v) is 12.3. The van der Waals surface area contributed by atoms with E-state index in [0.717, 1.165) is 31.7 Å². The lowest BCUT2D eigenvalue weighted by atomic mass is 9.96. The molecular formula is C14H22ClN3O. The van der Waals surface area contributed by atoms with Crippen LogP contribution in [0.1, 0.15) is 35.7 Å². The quantitative estimate of drug-likeness (QED) is 0.888. The highest BCUT2D eigenvalue weighted by atomic mass is 35.5. The molecule has 1 heterocycles. The Balaban J connectivity index is 0.00000180. The minimum absolute atomic E-state index is 0. The molecule has 5 heteroatoms. The van der Waals surface area contributed by atoms with Crippen molar-refractivity contribution in [3.8, 4) is 0 Å². The Labute approximate surface area is 120 Å². The second-order valence-electron chi connectivity index (χ2n) is 5.03. The number of hydrogen-bond donors (Lipinski definition) is 2. The van der Waals surface area contributed by atoms with E-state index < -0.39 is 0 Å². The molecule has 1 aromatic rings. The van der Waals surface area contributed by atoms with Crippen molar-refractivity contribution in [2.24, 2.45) is 5.73 Å². The number of carbonyl (C=O) groups excluding carboxylic acids is 1. The van der Waals surface area contributed by atoms with Crippen LogP contribution in [0.3, 0.4) is 0 Å². The average molecular weight is 284 g/mol. The third-order valence-corrected chi connectivity index (χ3v) is 3.40. The van der Waals surface area contributed by atoms with Gasteiger partial charge in [-0.25, -0.2) is 0 Å². The van der Waals surface area contributed by atoms with Crippen molar-refractivity contribution < 1.29 is 4.79 Å². The van der Waals surface area contributed by atoms with E-state index in [0.29, 0.717) is 11.5 Å². The fourth-order valence-electron chi connectivity index (χ4n) is 2.37. The predicted octanol–water partition coefficient (Wildman–Crippen LogP) is 1.74. The second kappa shape index (κ2) is 6.78. The molecule has 0 bridgehead atoms. The first kappa shape index (κ1) is 15.8. The summed E-state index contributed by atoms with van der Waals surface area (Å²) in [5.74, 6) is -0.0408. The van der Waals surface area contributed by atoms with Crippen LogP contribution in [0.2, 0.25) is 0 Å². The minimum Gasteiger partial charge on any atom is -0.369 e. The van der Waals surface area contributed by atoms with Crippen molar-refractivity contribution in [3.63, 3.8) is 0 Å². The minimum atomic E-state index is -0.342. The second-order valence-corrected chi connectivity index (χ2v) is 5.03. The van der Waals surface area contributed by atoms with Crippen LogP contribution in [0, 0.1) is 0 Å². The smallest absolute Gasteiger partial charge is 0.248 e. The van der Waals surface area contributed by atoms with Gasteiger partial charge in [0.2, 0.25) is 5.91 Å². The van der Waals surface area contributed by atoms with Gasteiger partial charge < -0.3 is 16.0 Å². The summed E-state index contributed by atoms with van der Waals surface area (Å²) in [5.41, 5.74) is 8.29. The first-order valence-electron chi connectivity index (χ1n) is 6.49. The molecule has 0 spiro atoms. The van der Waals surface area contributed by atoms with Gasteiger partial charge >= 0.3 is 0 Å². The summed E-state index contributed by atoms with van der Waals surface area (Å²) in [7, 11) is 0. The zero-order chi connectivity index (χ0) is 13.1. The molecule has 1 aliphatic heterocycles. The summed E-state index contributed by atoms with van der Waals surface area (Å²) in [4.78, 5) is 13.8.